The standard InChI is InChI=1S/C28H32BrN2O3S/c29-23-18-26(35-21-23)19-30(24-8-3-1-4-9-24)28(32)34-27-20-31(15-12-22(27)13-16-31)14-7-17-33-25-10-5-2-6-11-25/h1-6,8-11,18,21-22,27H,7,12-17,19-20H2/q+1/t22?,27-,31?/m0/s1. The van der Waals surface area contributed by atoms with Crippen molar-refractivity contribution in [2.24, 2.45) is 5.92 Å². The van der Waals surface area contributed by atoms with Gasteiger partial charge in [-0.1, -0.05) is 36.4 Å². The Morgan fingerprint density at radius 2 is 1.77 bits per heavy atom. The van der Waals surface area contributed by atoms with E-state index < -0.39 is 0 Å². The maximum absolute atomic E-state index is 13.5. The number of halogens is 1. The number of amides is 1. The zero-order valence-electron chi connectivity index (χ0n) is 19.9. The van der Waals surface area contributed by atoms with Crippen LogP contribution < -0.4 is 9.64 Å². The average Bonchev–Trinajstić information content (AvgIpc) is 3.31. The van der Waals surface area contributed by atoms with Gasteiger partial charge in [-0.2, -0.15) is 0 Å². The minimum absolute atomic E-state index is 0.0266. The van der Waals surface area contributed by atoms with Crippen LogP contribution >= 0.6 is 27.3 Å². The van der Waals surface area contributed by atoms with Gasteiger partial charge in [0.1, 0.15) is 12.3 Å². The van der Waals surface area contributed by atoms with E-state index in [1.54, 1.807) is 16.2 Å². The lowest BCUT2D eigenvalue weighted by atomic mass is 9.83. The first-order chi connectivity index (χ1) is 17.1. The molecule has 3 fully saturated rings. The van der Waals surface area contributed by atoms with E-state index in [0.717, 1.165) is 64.2 Å². The van der Waals surface area contributed by atoms with Gasteiger partial charge in [-0.25, -0.2) is 4.79 Å². The Morgan fingerprint density at radius 3 is 2.46 bits per heavy atom. The number of thiophene rings is 1. The van der Waals surface area contributed by atoms with Gasteiger partial charge in [0.05, 0.1) is 32.8 Å². The Balaban J connectivity index is 1.21. The Kier molecular flexibility index (Phi) is 7.75. The number of quaternary nitrogens is 1. The monoisotopic (exact) mass is 555 g/mol. The first kappa shape index (κ1) is 24.3. The van der Waals surface area contributed by atoms with Crippen LogP contribution in [0.15, 0.2) is 76.6 Å². The van der Waals surface area contributed by atoms with Crippen molar-refractivity contribution in [2.45, 2.75) is 31.9 Å². The van der Waals surface area contributed by atoms with Crippen molar-refractivity contribution < 1.29 is 18.8 Å². The summed E-state index contributed by atoms with van der Waals surface area (Å²) in [4.78, 5) is 16.4. The fourth-order valence-corrected chi connectivity index (χ4v) is 6.87. The van der Waals surface area contributed by atoms with Crippen LogP contribution in [-0.4, -0.2) is 49.5 Å². The van der Waals surface area contributed by atoms with Crippen LogP contribution in [0.3, 0.4) is 0 Å². The smallest absolute Gasteiger partial charge is 0.415 e. The molecule has 0 spiro atoms. The topological polar surface area (TPSA) is 38.8 Å². The van der Waals surface area contributed by atoms with E-state index in [9.17, 15) is 4.79 Å². The number of benzene rings is 2. The number of carbonyl (C=O) groups excluding carboxylic acids is 1. The highest BCUT2D eigenvalue weighted by Gasteiger charge is 2.47. The lowest BCUT2D eigenvalue weighted by molar-refractivity contribution is -0.946. The molecule has 0 saturated carbocycles. The van der Waals surface area contributed by atoms with E-state index in [-0.39, 0.29) is 12.2 Å². The van der Waals surface area contributed by atoms with E-state index in [0.29, 0.717) is 12.5 Å². The fraction of sp³-hybridized carbons (Fsp3) is 0.393. The van der Waals surface area contributed by atoms with E-state index in [1.807, 2.05) is 66.0 Å². The summed E-state index contributed by atoms with van der Waals surface area (Å²) in [5, 5.41) is 2.05. The summed E-state index contributed by atoms with van der Waals surface area (Å²) in [5.41, 5.74) is 0.866. The molecule has 3 saturated heterocycles. The van der Waals surface area contributed by atoms with Crippen LogP contribution in [0, 0.1) is 5.92 Å². The SMILES string of the molecule is O=C(O[C@H]1C[N+]2(CCCOc3ccccc3)CCC1CC2)N(Cc1cc(Br)cs1)c1ccccc1. The van der Waals surface area contributed by atoms with Gasteiger partial charge in [0.2, 0.25) is 0 Å². The summed E-state index contributed by atoms with van der Waals surface area (Å²) in [6, 6.07) is 21.9. The number of nitrogens with zero attached hydrogens (tertiary/aromatic N) is 2. The van der Waals surface area contributed by atoms with Crippen LogP contribution in [0.2, 0.25) is 0 Å². The zero-order valence-corrected chi connectivity index (χ0v) is 22.3. The molecular weight excluding hydrogens is 524 g/mol. The third-order valence-electron chi connectivity index (χ3n) is 7.31. The van der Waals surface area contributed by atoms with Gasteiger partial charge in [0.15, 0.2) is 6.10 Å². The number of hydrogen-bond acceptors (Lipinski definition) is 4. The number of fused-ring (bicyclic) bond motifs is 3. The summed E-state index contributed by atoms with van der Waals surface area (Å²) in [7, 11) is 0. The number of piperidine rings is 3. The van der Waals surface area contributed by atoms with E-state index >= 15 is 0 Å². The molecule has 7 heteroatoms. The van der Waals surface area contributed by atoms with Crippen molar-refractivity contribution in [3.63, 3.8) is 0 Å². The Bertz CT molecular complexity index is 1100. The molecule has 0 radical (unpaired) electrons. The Morgan fingerprint density at radius 1 is 1.06 bits per heavy atom. The molecule has 6 rings (SSSR count). The van der Waals surface area contributed by atoms with Crippen LogP contribution in [0.5, 0.6) is 5.75 Å². The first-order valence-corrected chi connectivity index (χ1v) is 14.1. The maximum Gasteiger partial charge on any atom is 0.415 e. The molecule has 5 nitrogen and oxygen atoms in total. The molecule has 1 atom stereocenters. The van der Waals surface area contributed by atoms with Crippen LogP contribution in [0.25, 0.3) is 0 Å². The summed E-state index contributed by atoms with van der Waals surface area (Å²) < 4.78 is 14.3. The molecule has 1 aromatic heterocycles. The third-order valence-corrected chi connectivity index (χ3v) is 8.99. The van der Waals surface area contributed by atoms with Crippen molar-refractivity contribution in [3.8, 4) is 5.75 Å². The van der Waals surface area contributed by atoms with Gasteiger partial charge < -0.3 is 14.0 Å². The molecule has 3 aliphatic heterocycles. The maximum atomic E-state index is 13.5. The lowest BCUT2D eigenvalue weighted by Gasteiger charge is -2.52. The average molecular weight is 557 g/mol. The molecule has 35 heavy (non-hydrogen) atoms. The zero-order chi connectivity index (χ0) is 24.1. The third kappa shape index (κ3) is 6.08. The molecule has 0 N–H and O–H groups in total. The highest BCUT2D eigenvalue weighted by molar-refractivity contribution is 9.10. The molecule has 4 heterocycles. The van der Waals surface area contributed by atoms with Crippen LogP contribution in [0.1, 0.15) is 24.1 Å². The van der Waals surface area contributed by atoms with Crippen molar-refractivity contribution in [1.82, 2.24) is 0 Å². The van der Waals surface area contributed by atoms with Crippen LogP contribution in [-0.2, 0) is 11.3 Å². The summed E-state index contributed by atoms with van der Waals surface area (Å²) >= 11 is 5.17. The molecule has 2 aromatic carbocycles. The van der Waals surface area contributed by atoms with Crippen molar-refractivity contribution in [2.75, 3.05) is 37.7 Å². The van der Waals surface area contributed by atoms with Gasteiger partial charge in [0.25, 0.3) is 0 Å². The number of para-hydroxylation sites is 2. The van der Waals surface area contributed by atoms with Crippen LogP contribution in [0.4, 0.5) is 10.5 Å². The highest BCUT2D eigenvalue weighted by atomic mass is 79.9. The second-order valence-corrected chi connectivity index (χ2v) is 11.5. The van der Waals surface area contributed by atoms with Crippen molar-refractivity contribution in [1.29, 1.82) is 0 Å². The van der Waals surface area contributed by atoms with Crippen molar-refractivity contribution in [3.05, 3.63) is 81.5 Å². The normalized spacial score (nSPS) is 23.1. The number of ether oxygens (including phenoxy) is 2. The molecule has 2 bridgehead atoms. The molecule has 3 aliphatic rings. The number of anilines is 1. The van der Waals surface area contributed by atoms with Gasteiger partial charge in [-0.15, -0.1) is 11.3 Å². The minimum atomic E-state index is -0.245. The van der Waals surface area contributed by atoms with E-state index in [4.69, 9.17) is 9.47 Å². The Hall–Kier alpha value is -2.35. The molecule has 1 amide bonds. The van der Waals surface area contributed by atoms with Gasteiger partial charge in [-0.05, 0) is 46.3 Å². The lowest BCUT2D eigenvalue weighted by Crippen LogP contribution is -2.65. The summed E-state index contributed by atoms with van der Waals surface area (Å²) in [6.45, 7) is 5.56. The quantitative estimate of drug-likeness (QED) is 0.217. The van der Waals surface area contributed by atoms with Gasteiger partial charge in [0, 0.05) is 45.6 Å². The fourth-order valence-electron chi connectivity index (χ4n) is 5.43. The summed E-state index contributed by atoms with van der Waals surface area (Å²) in [5.74, 6) is 1.39. The van der Waals surface area contributed by atoms with Crippen molar-refractivity contribution >= 4 is 39.0 Å². The Labute approximate surface area is 220 Å². The van der Waals surface area contributed by atoms with E-state index in [2.05, 4.69) is 22.0 Å². The first-order valence-electron chi connectivity index (χ1n) is 12.4. The molecule has 3 aromatic rings. The summed E-state index contributed by atoms with van der Waals surface area (Å²) in [6.07, 6.45) is 2.98. The van der Waals surface area contributed by atoms with E-state index in [1.165, 1.54) is 13.1 Å². The molecule has 184 valence electrons. The second kappa shape index (κ2) is 11.1. The number of hydrogen-bond donors (Lipinski definition) is 0. The second-order valence-electron chi connectivity index (χ2n) is 9.62. The van der Waals surface area contributed by atoms with Gasteiger partial charge >= 0.3 is 6.09 Å². The molecule has 0 aliphatic carbocycles. The predicted molar refractivity (Wildman–Crippen MR) is 144 cm³/mol. The predicted octanol–water partition coefficient (Wildman–Crippen LogP) is 6.73. The van der Waals surface area contributed by atoms with Gasteiger partial charge in [-0.3, -0.25) is 4.90 Å². The minimum Gasteiger partial charge on any atom is -0.493 e. The highest BCUT2D eigenvalue weighted by Crippen LogP contribution is 2.36. The molecule has 0 unspecified atom stereocenters. The molecular formula is C28H32BrN2O3S+. The number of rotatable bonds is 9. The largest absolute Gasteiger partial charge is 0.493 e. The number of carbonyl (C=O) groups is 1.